The summed E-state index contributed by atoms with van der Waals surface area (Å²) in [6.45, 7) is 4.60. The second-order valence-electron chi connectivity index (χ2n) is 8.61. The van der Waals surface area contributed by atoms with E-state index in [0.29, 0.717) is 58.7 Å². The Labute approximate surface area is 208 Å². The molecule has 6 rings (SSSR count). The summed E-state index contributed by atoms with van der Waals surface area (Å²) in [6, 6.07) is 26.9. The summed E-state index contributed by atoms with van der Waals surface area (Å²) in [5, 5.41) is 0. The van der Waals surface area contributed by atoms with Gasteiger partial charge in [-0.15, -0.1) is 0 Å². The molecule has 0 saturated carbocycles. The van der Waals surface area contributed by atoms with Crippen LogP contribution in [0.15, 0.2) is 105 Å². The first-order valence-corrected chi connectivity index (χ1v) is 12.1. The molecule has 0 unspecified atom stereocenters. The first-order valence-electron chi connectivity index (χ1n) is 12.1. The topological polar surface area (TPSA) is 66.9 Å². The molecule has 0 bridgehead atoms. The Morgan fingerprint density at radius 1 is 0.528 bits per heavy atom. The molecule has 2 aliphatic heterocycles. The number of nitrogens with zero attached hydrogens (tertiary/aromatic N) is 2. The maximum Gasteiger partial charge on any atom is 0.261 e. The highest BCUT2D eigenvalue weighted by Gasteiger charge is 2.49. The average molecular weight is 477 g/mol. The van der Waals surface area contributed by atoms with Crippen molar-refractivity contribution < 1.29 is 18.4 Å². The van der Waals surface area contributed by atoms with Gasteiger partial charge in [0, 0.05) is 24.2 Å². The number of furan rings is 2. The van der Waals surface area contributed by atoms with Crippen LogP contribution < -0.4 is 0 Å². The van der Waals surface area contributed by atoms with E-state index >= 15 is 0 Å². The van der Waals surface area contributed by atoms with Crippen molar-refractivity contribution >= 4 is 23.2 Å². The Balaban J connectivity index is 1.51. The molecule has 0 saturated heterocycles. The highest BCUT2D eigenvalue weighted by atomic mass is 16.3. The Morgan fingerprint density at radius 2 is 0.889 bits per heavy atom. The maximum atomic E-state index is 13.7. The summed E-state index contributed by atoms with van der Waals surface area (Å²) in [4.78, 5) is 30.7. The number of carbonyl (C=O) groups is 2. The lowest BCUT2D eigenvalue weighted by molar-refractivity contribution is -0.124. The van der Waals surface area contributed by atoms with Crippen LogP contribution in [-0.2, 0) is 9.59 Å². The van der Waals surface area contributed by atoms with E-state index < -0.39 is 0 Å². The second kappa shape index (κ2) is 8.57. The quantitative estimate of drug-likeness (QED) is 0.340. The third-order valence-corrected chi connectivity index (χ3v) is 6.61. The van der Waals surface area contributed by atoms with Gasteiger partial charge in [0.15, 0.2) is 11.5 Å². The van der Waals surface area contributed by atoms with E-state index in [9.17, 15) is 9.59 Å². The van der Waals surface area contributed by atoms with Crippen LogP contribution >= 0.6 is 0 Å². The predicted molar refractivity (Wildman–Crippen MR) is 137 cm³/mol. The van der Waals surface area contributed by atoms with Crippen molar-refractivity contribution in [2.75, 3.05) is 13.1 Å². The lowest BCUT2D eigenvalue weighted by atomic mass is 10.1. The van der Waals surface area contributed by atoms with Crippen LogP contribution in [0.4, 0.5) is 0 Å². The Morgan fingerprint density at radius 3 is 1.25 bits per heavy atom. The van der Waals surface area contributed by atoms with Crippen LogP contribution in [0.5, 0.6) is 0 Å². The standard InChI is InChI=1S/C30H24N2O4/c1-3-31-27(23-17-15-21(35-23)19-11-7-5-8-12-19)25-26(29(31)33)28(32(4-2)30(25)34)24-18-16-22(36-24)20-13-9-6-10-14-20/h5-18H,3-4H2,1-2H3. The summed E-state index contributed by atoms with van der Waals surface area (Å²) in [5.74, 6) is 1.88. The third kappa shape index (κ3) is 3.26. The van der Waals surface area contributed by atoms with Crippen molar-refractivity contribution in [2.45, 2.75) is 13.8 Å². The minimum Gasteiger partial charge on any atom is -0.455 e. The average Bonchev–Trinajstić information content (AvgIpc) is 3.69. The van der Waals surface area contributed by atoms with Crippen molar-refractivity contribution in [1.29, 1.82) is 0 Å². The number of rotatable bonds is 6. The van der Waals surface area contributed by atoms with Gasteiger partial charge in [0.1, 0.15) is 22.9 Å². The normalized spacial score (nSPS) is 15.5. The largest absolute Gasteiger partial charge is 0.455 e. The van der Waals surface area contributed by atoms with Gasteiger partial charge >= 0.3 is 0 Å². The fraction of sp³-hybridized carbons (Fsp3) is 0.133. The van der Waals surface area contributed by atoms with Gasteiger partial charge in [0.2, 0.25) is 0 Å². The highest BCUT2D eigenvalue weighted by Crippen LogP contribution is 2.47. The fourth-order valence-electron chi connectivity index (χ4n) is 4.96. The van der Waals surface area contributed by atoms with Gasteiger partial charge in [-0.2, -0.15) is 0 Å². The number of carbonyl (C=O) groups excluding carboxylic acids is 2. The summed E-state index contributed by atoms with van der Waals surface area (Å²) < 4.78 is 12.4. The van der Waals surface area contributed by atoms with Crippen molar-refractivity contribution in [1.82, 2.24) is 9.80 Å². The molecule has 178 valence electrons. The summed E-state index contributed by atoms with van der Waals surface area (Å²) in [5.41, 5.74) is 3.60. The molecule has 0 spiro atoms. The van der Waals surface area contributed by atoms with Crippen molar-refractivity contribution in [3.8, 4) is 22.6 Å². The van der Waals surface area contributed by atoms with Crippen LogP contribution in [0.2, 0.25) is 0 Å². The third-order valence-electron chi connectivity index (χ3n) is 6.61. The maximum absolute atomic E-state index is 13.7. The molecule has 0 aliphatic carbocycles. The molecule has 4 aromatic rings. The summed E-state index contributed by atoms with van der Waals surface area (Å²) in [6.07, 6.45) is 0. The lowest BCUT2D eigenvalue weighted by Crippen LogP contribution is -2.29. The zero-order chi connectivity index (χ0) is 24.8. The Bertz CT molecular complexity index is 1420. The van der Waals surface area contributed by atoms with Gasteiger partial charge < -0.3 is 18.6 Å². The predicted octanol–water partition coefficient (Wildman–Crippen LogP) is 6.05. The van der Waals surface area contributed by atoms with E-state index in [1.54, 1.807) is 9.80 Å². The van der Waals surface area contributed by atoms with E-state index in [0.717, 1.165) is 11.1 Å². The minimum atomic E-state index is -0.225. The van der Waals surface area contributed by atoms with E-state index in [-0.39, 0.29) is 11.8 Å². The molecule has 0 atom stereocenters. The molecular weight excluding hydrogens is 452 g/mol. The molecule has 0 radical (unpaired) electrons. The molecule has 2 amide bonds. The molecule has 6 nitrogen and oxygen atoms in total. The van der Waals surface area contributed by atoms with E-state index in [4.69, 9.17) is 8.83 Å². The first-order chi connectivity index (χ1) is 17.6. The number of fused-ring (bicyclic) bond motifs is 1. The molecule has 2 aromatic carbocycles. The lowest BCUT2D eigenvalue weighted by Gasteiger charge is -2.21. The molecular formula is C30H24N2O4. The zero-order valence-corrected chi connectivity index (χ0v) is 20.0. The molecule has 2 aliphatic rings. The number of hydrogen-bond donors (Lipinski definition) is 0. The summed E-state index contributed by atoms with van der Waals surface area (Å²) >= 11 is 0. The van der Waals surface area contributed by atoms with E-state index in [1.165, 1.54) is 0 Å². The van der Waals surface area contributed by atoms with E-state index in [1.807, 2.05) is 98.8 Å². The number of benzene rings is 2. The van der Waals surface area contributed by atoms with Crippen LogP contribution in [0, 0.1) is 0 Å². The number of likely N-dealkylation sites (N-methyl/N-ethyl adjacent to an activating group) is 2. The highest BCUT2D eigenvalue weighted by molar-refractivity contribution is 6.29. The molecule has 0 fully saturated rings. The van der Waals surface area contributed by atoms with Crippen LogP contribution in [0.3, 0.4) is 0 Å². The first kappa shape index (κ1) is 21.9. The van der Waals surface area contributed by atoms with E-state index in [2.05, 4.69) is 0 Å². The second-order valence-corrected chi connectivity index (χ2v) is 8.61. The fourth-order valence-corrected chi connectivity index (χ4v) is 4.96. The number of amides is 2. The molecule has 2 aromatic heterocycles. The van der Waals surface area contributed by atoms with Crippen LogP contribution in [-0.4, -0.2) is 34.7 Å². The van der Waals surface area contributed by atoms with Gasteiger partial charge in [-0.05, 0) is 38.1 Å². The molecule has 36 heavy (non-hydrogen) atoms. The molecule has 6 heteroatoms. The van der Waals surface area contributed by atoms with Crippen LogP contribution in [0.25, 0.3) is 34.0 Å². The molecule has 4 heterocycles. The van der Waals surface area contributed by atoms with Crippen molar-refractivity contribution in [3.63, 3.8) is 0 Å². The SMILES string of the molecule is CCN1C(=O)C2=C(c3ccc(-c4ccccc4)o3)N(CC)C(=O)C2=C1c1ccc(-c2ccccc2)o1. The minimum absolute atomic E-state index is 0.225. The van der Waals surface area contributed by atoms with Gasteiger partial charge in [-0.1, -0.05) is 60.7 Å². The number of hydrogen-bond acceptors (Lipinski definition) is 4. The van der Waals surface area contributed by atoms with Gasteiger partial charge in [0.25, 0.3) is 11.8 Å². The molecule has 0 N–H and O–H groups in total. The van der Waals surface area contributed by atoms with Gasteiger partial charge in [-0.3, -0.25) is 9.59 Å². The van der Waals surface area contributed by atoms with Crippen LogP contribution in [0.1, 0.15) is 25.4 Å². The zero-order valence-electron chi connectivity index (χ0n) is 20.0. The van der Waals surface area contributed by atoms with Crippen molar-refractivity contribution in [3.05, 3.63) is 108 Å². The summed E-state index contributed by atoms with van der Waals surface area (Å²) in [7, 11) is 0. The monoisotopic (exact) mass is 476 g/mol. The smallest absolute Gasteiger partial charge is 0.261 e. The van der Waals surface area contributed by atoms with Gasteiger partial charge in [-0.25, -0.2) is 0 Å². The Kier molecular flexibility index (Phi) is 5.22. The van der Waals surface area contributed by atoms with Crippen molar-refractivity contribution in [2.24, 2.45) is 0 Å². The Hall–Kier alpha value is -4.58. The van der Waals surface area contributed by atoms with Gasteiger partial charge in [0.05, 0.1) is 11.1 Å².